The van der Waals surface area contributed by atoms with Crippen molar-refractivity contribution in [1.82, 2.24) is 4.90 Å². The van der Waals surface area contributed by atoms with Crippen LogP contribution in [-0.4, -0.2) is 53.7 Å². The SMILES string of the molecule is COc1cc2c(cc1[N+](=O)[O-])N(C(=O)[C@@H]1CCCN1C(=O)OC(C)(C)C)CC2. The van der Waals surface area contributed by atoms with E-state index in [-0.39, 0.29) is 17.3 Å². The van der Waals surface area contributed by atoms with Gasteiger partial charge in [-0.1, -0.05) is 0 Å². The van der Waals surface area contributed by atoms with Gasteiger partial charge in [-0.3, -0.25) is 19.8 Å². The zero-order valence-electron chi connectivity index (χ0n) is 16.6. The maximum absolute atomic E-state index is 13.2. The molecular weight excluding hydrogens is 366 g/mol. The van der Waals surface area contributed by atoms with Crippen LogP contribution in [0.25, 0.3) is 0 Å². The highest BCUT2D eigenvalue weighted by Crippen LogP contribution is 2.39. The molecule has 0 N–H and O–H groups in total. The van der Waals surface area contributed by atoms with Crippen LogP contribution in [-0.2, 0) is 16.0 Å². The monoisotopic (exact) mass is 391 g/mol. The molecule has 0 aromatic heterocycles. The summed E-state index contributed by atoms with van der Waals surface area (Å²) in [5.74, 6) is -0.0594. The molecule has 0 aliphatic carbocycles. The number of rotatable bonds is 3. The Hall–Kier alpha value is -2.84. The third-order valence-corrected chi connectivity index (χ3v) is 4.90. The number of ether oxygens (including phenoxy) is 2. The first kappa shape index (κ1) is 19.9. The number of benzene rings is 1. The van der Waals surface area contributed by atoms with E-state index >= 15 is 0 Å². The van der Waals surface area contributed by atoms with Gasteiger partial charge in [-0.2, -0.15) is 0 Å². The fourth-order valence-corrected chi connectivity index (χ4v) is 3.68. The van der Waals surface area contributed by atoms with Crippen molar-refractivity contribution in [3.05, 3.63) is 27.8 Å². The number of nitro groups is 1. The largest absolute Gasteiger partial charge is 0.490 e. The predicted octanol–water partition coefficient (Wildman–Crippen LogP) is 2.89. The number of likely N-dealkylation sites (tertiary alicyclic amines) is 1. The summed E-state index contributed by atoms with van der Waals surface area (Å²) in [6, 6.07) is 2.37. The number of carbonyl (C=O) groups excluding carboxylic acids is 2. The van der Waals surface area contributed by atoms with Gasteiger partial charge < -0.3 is 14.4 Å². The van der Waals surface area contributed by atoms with E-state index in [0.717, 1.165) is 5.56 Å². The molecule has 9 heteroatoms. The molecule has 28 heavy (non-hydrogen) atoms. The Morgan fingerprint density at radius 1 is 1.25 bits per heavy atom. The second kappa shape index (κ2) is 7.29. The first-order chi connectivity index (χ1) is 13.1. The molecule has 9 nitrogen and oxygen atoms in total. The summed E-state index contributed by atoms with van der Waals surface area (Å²) < 4.78 is 10.5. The van der Waals surface area contributed by atoms with Crippen molar-refractivity contribution in [2.45, 2.75) is 51.7 Å². The predicted molar refractivity (Wildman–Crippen MR) is 102 cm³/mol. The minimum Gasteiger partial charge on any atom is -0.490 e. The molecule has 1 atom stereocenters. The number of nitrogens with zero attached hydrogens (tertiary/aromatic N) is 3. The maximum Gasteiger partial charge on any atom is 0.410 e. The molecule has 0 radical (unpaired) electrons. The van der Waals surface area contributed by atoms with Crippen LogP contribution < -0.4 is 9.64 Å². The van der Waals surface area contributed by atoms with Crippen molar-refractivity contribution in [3.63, 3.8) is 0 Å². The second-order valence-electron chi connectivity index (χ2n) is 7.98. The van der Waals surface area contributed by atoms with Crippen LogP contribution in [0, 0.1) is 10.1 Å². The summed E-state index contributed by atoms with van der Waals surface area (Å²) in [5, 5.41) is 11.3. The summed E-state index contributed by atoms with van der Waals surface area (Å²) in [5.41, 5.74) is 0.493. The summed E-state index contributed by atoms with van der Waals surface area (Å²) in [7, 11) is 1.38. The highest BCUT2D eigenvalue weighted by atomic mass is 16.6. The molecule has 0 saturated carbocycles. The highest BCUT2D eigenvalue weighted by Gasteiger charge is 2.41. The molecule has 152 valence electrons. The molecule has 0 spiro atoms. The number of carbonyl (C=O) groups is 2. The van der Waals surface area contributed by atoms with E-state index in [0.29, 0.717) is 38.0 Å². The number of fused-ring (bicyclic) bond motifs is 1. The molecule has 1 aromatic rings. The van der Waals surface area contributed by atoms with Gasteiger partial charge in [-0.05, 0) is 51.7 Å². The molecule has 0 unspecified atom stereocenters. The van der Waals surface area contributed by atoms with Gasteiger partial charge in [-0.25, -0.2) is 4.79 Å². The third kappa shape index (κ3) is 3.74. The number of nitro benzene ring substituents is 1. The van der Waals surface area contributed by atoms with Gasteiger partial charge in [0.2, 0.25) is 5.91 Å². The quantitative estimate of drug-likeness (QED) is 0.580. The van der Waals surface area contributed by atoms with Crippen LogP contribution in [0.15, 0.2) is 12.1 Å². The highest BCUT2D eigenvalue weighted by molar-refractivity contribution is 6.01. The van der Waals surface area contributed by atoms with Gasteiger partial charge in [0, 0.05) is 19.2 Å². The van der Waals surface area contributed by atoms with E-state index < -0.39 is 22.7 Å². The average molecular weight is 391 g/mol. The van der Waals surface area contributed by atoms with E-state index in [1.165, 1.54) is 23.0 Å². The fraction of sp³-hybridized carbons (Fsp3) is 0.579. The van der Waals surface area contributed by atoms with Crippen LogP contribution in [0.3, 0.4) is 0 Å². The van der Waals surface area contributed by atoms with Gasteiger partial charge in [-0.15, -0.1) is 0 Å². The Morgan fingerprint density at radius 2 is 1.96 bits per heavy atom. The zero-order chi connectivity index (χ0) is 20.6. The van der Waals surface area contributed by atoms with Crippen molar-refractivity contribution in [3.8, 4) is 5.75 Å². The van der Waals surface area contributed by atoms with E-state index in [1.807, 2.05) is 0 Å². The van der Waals surface area contributed by atoms with Crippen molar-refractivity contribution >= 4 is 23.4 Å². The maximum atomic E-state index is 13.2. The van der Waals surface area contributed by atoms with E-state index in [1.54, 1.807) is 26.8 Å². The lowest BCUT2D eigenvalue weighted by atomic mass is 10.1. The summed E-state index contributed by atoms with van der Waals surface area (Å²) in [4.78, 5) is 39.5. The molecule has 1 aromatic carbocycles. The minimum absolute atomic E-state index is 0.175. The summed E-state index contributed by atoms with van der Waals surface area (Å²) in [6.45, 7) is 6.20. The van der Waals surface area contributed by atoms with Crippen LogP contribution in [0.5, 0.6) is 5.75 Å². The summed E-state index contributed by atoms with van der Waals surface area (Å²) in [6.07, 6.45) is 1.32. The van der Waals surface area contributed by atoms with Crippen molar-refractivity contribution in [2.24, 2.45) is 0 Å². The lowest BCUT2D eigenvalue weighted by molar-refractivity contribution is -0.385. The lowest BCUT2D eigenvalue weighted by Crippen LogP contribution is -2.48. The number of methoxy groups -OCH3 is 1. The number of hydrogen-bond donors (Lipinski definition) is 0. The topological polar surface area (TPSA) is 102 Å². The molecule has 1 saturated heterocycles. The van der Waals surface area contributed by atoms with Crippen LogP contribution in [0.4, 0.5) is 16.2 Å². The zero-order valence-corrected chi connectivity index (χ0v) is 16.6. The van der Waals surface area contributed by atoms with Gasteiger partial charge in [0.05, 0.1) is 17.7 Å². The van der Waals surface area contributed by atoms with Crippen molar-refractivity contribution in [1.29, 1.82) is 0 Å². The van der Waals surface area contributed by atoms with E-state index in [9.17, 15) is 19.7 Å². The van der Waals surface area contributed by atoms with Crippen LogP contribution in [0.1, 0.15) is 39.2 Å². The van der Waals surface area contributed by atoms with E-state index in [4.69, 9.17) is 9.47 Å². The Labute approximate surface area is 163 Å². The Kier molecular flexibility index (Phi) is 5.18. The minimum atomic E-state index is -0.648. The smallest absolute Gasteiger partial charge is 0.410 e. The van der Waals surface area contributed by atoms with Gasteiger partial charge in [0.15, 0.2) is 5.75 Å². The molecule has 2 heterocycles. The standard InChI is InChI=1S/C19H25N3O6/c1-19(2,3)28-18(24)21-8-5-6-13(21)17(23)20-9-7-12-10-16(27-4)15(22(25)26)11-14(12)20/h10-11,13H,5-9H2,1-4H3/t13-/m0/s1. The number of hydrogen-bond acceptors (Lipinski definition) is 6. The second-order valence-corrected chi connectivity index (χ2v) is 7.98. The molecule has 2 aliphatic heterocycles. The first-order valence-electron chi connectivity index (χ1n) is 9.28. The number of amides is 2. The molecule has 1 fully saturated rings. The average Bonchev–Trinajstić information content (AvgIpc) is 3.25. The Morgan fingerprint density at radius 3 is 2.57 bits per heavy atom. The van der Waals surface area contributed by atoms with Crippen molar-refractivity contribution < 1.29 is 24.0 Å². The third-order valence-electron chi connectivity index (χ3n) is 4.90. The van der Waals surface area contributed by atoms with Gasteiger partial charge >= 0.3 is 11.8 Å². The summed E-state index contributed by atoms with van der Waals surface area (Å²) >= 11 is 0. The van der Waals surface area contributed by atoms with Crippen LogP contribution >= 0.6 is 0 Å². The Bertz CT molecular complexity index is 817. The fourth-order valence-electron chi connectivity index (χ4n) is 3.68. The molecule has 2 aliphatic rings. The normalized spacial score (nSPS) is 18.8. The lowest BCUT2D eigenvalue weighted by Gasteiger charge is -2.30. The van der Waals surface area contributed by atoms with Gasteiger partial charge in [0.25, 0.3) is 0 Å². The van der Waals surface area contributed by atoms with Crippen LogP contribution in [0.2, 0.25) is 0 Å². The molecular formula is C19H25N3O6. The number of anilines is 1. The first-order valence-corrected chi connectivity index (χ1v) is 9.28. The molecule has 2 amide bonds. The van der Waals surface area contributed by atoms with E-state index in [2.05, 4.69) is 0 Å². The van der Waals surface area contributed by atoms with Gasteiger partial charge in [0.1, 0.15) is 11.6 Å². The Balaban J connectivity index is 1.86. The molecule has 0 bridgehead atoms. The molecule has 3 rings (SSSR count). The van der Waals surface area contributed by atoms with Crippen molar-refractivity contribution in [2.75, 3.05) is 25.1 Å².